The number of halogens is 1. The van der Waals surface area contributed by atoms with Crippen LogP contribution in [0.1, 0.15) is 19.3 Å². The third kappa shape index (κ3) is 6.73. The highest BCUT2D eigenvalue weighted by Gasteiger charge is 2.20. The van der Waals surface area contributed by atoms with E-state index in [1.54, 1.807) is 0 Å². The second kappa shape index (κ2) is 8.14. The topological polar surface area (TPSA) is 70.2 Å². The average Bonchev–Trinajstić information content (AvgIpc) is 3.25. The van der Waals surface area contributed by atoms with Gasteiger partial charge in [0.15, 0.2) is 0 Å². The van der Waals surface area contributed by atoms with Crippen molar-refractivity contribution in [1.82, 2.24) is 10.6 Å². The summed E-state index contributed by atoms with van der Waals surface area (Å²) in [5.74, 6) is 0.588. The van der Waals surface area contributed by atoms with Gasteiger partial charge in [0.2, 0.25) is 11.8 Å². The highest BCUT2D eigenvalue weighted by Crippen LogP contribution is 2.27. The van der Waals surface area contributed by atoms with Gasteiger partial charge in [-0.3, -0.25) is 9.59 Å². The number of carbonyl (C=O) groups excluding carboxylic acids is 2. The summed E-state index contributed by atoms with van der Waals surface area (Å²) < 4.78 is 0.964. The monoisotopic (exact) mass is 353 g/mol. The van der Waals surface area contributed by atoms with Crippen molar-refractivity contribution in [3.05, 3.63) is 28.7 Å². The Kier molecular flexibility index (Phi) is 6.20. The van der Waals surface area contributed by atoms with E-state index >= 15 is 0 Å². The van der Waals surface area contributed by atoms with Gasteiger partial charge in [0.05, 0.1) is 6.54 Å². The fraction of sp³-hybridized carbons (Fsp3) is 0.467. The maximum Gasteiger partial charge on any atom is 0.233 e. The number of hydrogen-bond donors (Lipinski definition) is 3. The number of amides is 2. The number of benzene rings is 1. The molecule has 21 heavy (non-hydrogen) atoms. The van der Waals surface area contributed by atoms with Gasteiger partial charge in [0, 0.05) is 23.1 Å². The molecule has 5 nitrogen and oxygen atoms in total. The molecule has 0 radical (unpaired) electrons. The Labute approximate surface area is 133 Å². The molecule has 0 spiro atoms. The molecule has 0 atom stereocenters. The van der Waals surface area contributed by atoms with Crippen molar-refractivity contribution in [3.8, 4) is 0 Å². The molecule has 1 fully saturated rings. The lowest BCUT2D eigenvalue weighted by molar-refractivity contribution is -0.120. The second-order valence-electron chi connectivity index (χ2n) is 5.23. The molecular formula is C15H20BrN3O2. The molecule has 0 saturated heterocycles. The van der Waals surface area contributed by atoms with E-state index < -0.39 is 0 Å². The summed E-state index contributed by atoms with van der Waals surface area (Å²) in [6, 6.07) is 7.37. The van der Waals surface area contributed by atoms with Crippen LogP contribution in [0.4, 0.5) is 5.69 Å². The van der Waals surface area contributed by atoms with Crippen LogP contribution in [-0.2, 0) is 9.59 Å². The van der Waals surface area contributed by atoms with E-state index in [1.807, 2.05) is 24.3 Å². The molecule has 114 valence electrons. The van der Waals surface area contributed by atoms with E-state index in [9.17, 15) is 9.59 Å². The molecule has 0 bridgehead atoms. The normalized spacial score (nSPS) is 13.8. The molecule has 2 amide bonds. The zero-order valence-electron chi connectivity index (χ0n) is 11.8. The predicted octanol–water partition coefficient (Wildman–Crippen LogP) is 1.89. The van der Waals surface area contributed by atoms with E-state index in [4.69, 9.17) is 0 Å². The third-order valence-corrected chi connectivity index (χ3v) is 3.75. The quantitative estimate of drug-likeness (QED) is 0.668. The van der Waals surface area contributed by atoms with Crippen molar-refractivity contribution in [2.45, 2.75) is 19.3 Å². The molecule has 1 aromatic rings. The molecule has 0 aromatic heterocycles. The first-order chi connectivity index (χ1) is 10.1. The van der Waals surface area contributed by atoms with E-state index in [0.29, 0.717) is 13.1 Å². The lowest BCUT2D eigenvalue weighted by atomic mass is 10.3. The van der Waals surface area contributed by atoms with Crippen molar-refractivity contribution in [2.75, 3.05) is 25.0 Å². The summed E-state index contributed by atoms with van der Waals surface area (Å²) in [5.41, 5.74) is 0.751. The minimum absolute atomic E-state index is 0.0629. The van der Waals surface area contributed by atoms with Gasteiger partial charge in [0.1, 0.15) is 0 Å². The Balaban J connectivity index is 1.55. The molecule has 1 aliphatic rings. The largest absolute Gasteiger partial charge is 0.354 e. The zero-order chi connectivity index (χ0) is 15.1. The summed E-state index contributed by atoms with van der Waals surface area (Å²) in [4.78, 5) is 23.2. The van der Waals surface area contributed by atoms with E-state index in [1.165, 1.54) is 12.8 Å². The number of nitrogens with one attached hydrogen (secondary N) is 3. The van der Waals surface area contributed by atoms with Gasteiger partial charge in [-0.25, -0.2) is 0 Å². The molecule has 0 unspecified atom stereocenters. The van der Waals surface area contributed by atoms with Crippen LogP contribution in [0.3, 0.4) is 0 Å². The van der Waals surface area contributed by atoms with Crippen molar-refractivity contribution in [2.24, 2.45) is 5.92 Å². The average molecular weight is 354 g/mol. The van der Waals surface area contributed by atoms with Gasteiger partial charge in [-0.2, -0.15) is 0 Å². The van der Waals surface area contributed by atoms with Crippen molar-refractivity contribution in [1.29, 1.82) is 0 Å². The molecule has 6 heteroatoms. The Morgan fingerprint density at radius 2 is 1.86 bits per heavy atom. The minimum atomic E-state index is -0.108. The Morgan fingerprint density at radius 3 is 2.52 bits per heavy atom. The van der Waals surface area contributed by atoms with E-state index in [0.717, 1.165) is 22.6 Å². The lowest BCUT2D eigenvalue weighted by Gasteiger charge is -2.07. The van der Waals surface area contributed by atoms with Crippen LogP contribution >= 0.6 is 15.9 Å². The van der Waals surface area contributed by atoms with Crippen LogP contribution in [-0.4, -0.2) is 31.4 Å². The van der Waals surface area contributed by atoms with Crippen LogP contribution < -0.4 is 16.0 Å². The molecule has 1 aliphatic carbocycles. The van der Waals surface area contributed by atoms with Crippen LogP contribution in [0, 0.1) is 5.92 Å². The second-order valence-corrected chi connectivity index (χ2v) is 6.14. The summed E-state index contributed by atoms with van der Waals surface area (Å²) >= 11 is 3.34. The Hall–Kier alpha value is -1.40. The molecule has 1 saturated carbocycles. The van der Waals surface area contributed by atoms with Crippen LogP contribution in [0.15, 0.2) is 28.7 Å². The van der Waals surface area contributed by atoms with Gasteiger partial charge in [0.25, 0.3) is 0 Å². The van der Waals surface area contributed by atoms with Crippen LogP contribution in [0.5, 0.6) is 0 Å². The molecule has 3 N–H and O–H groups in total. The first-order valence-corrected chi connectivity index (χ1v) is 7.95. The number of rotatable bonds is 8. The first-order valence-electron chi connectivity index (χ1n) is 7.16. The minimum Gasteiger partial charge on any atom is -0.354 e. The fourth-order valence-electron chi connectivity index (χ4n) is 1.85. The highest BCUT2D eigenvalue weighted by atomic mass is 79.9. The first kappa shape index (κ1) is 16.0. The summed E-state index contributed by atoms with van der Waals surface area (Å²) in [5, 5.41) is 8.63. The van der Waals surface area contributed by atoms with Crippen molar-refractivity contribution < 1.29 is 9.59 Å². The van der Waals surface area contributed by atoms with Gasteiger partial charge in [-0.05, 0) is 49.6 Å². The maximum absolute atomic E-state index is 11.7. The predicted molar refractivity (Wildman–Crippen MR) is 86.0 cm³/mol. The van der Waals surface area contributed by atoms with Gasteiger partial charge in [-0.15, -0.1) is 0 Å². The van der Waals surface area contributed by atoms with Crippen molar-refractivity contribution in [3.63, 3.8) is 0 Å². The van der Waals surface area contributed by atoms with Crippen molar-refractivity contribution >= 4 is 33.4 Å². The molecule has 0 aliphatic heterocycles. The summed E-state index contributed by atoms with van der Waals surface area (Å²) in [7, 11) is 0. The van der Waals surface area contributed by atoms with Gasteiger partial charge < -0.3 is 16.0 Å². The molecule has 1 aromatic carbocycles. The smallest absolute Gasteiger partial charge is 0.233 e. The standard InChI is InChI=1S/C15H20BrN3O2/c16-12-3-5-13(6-4-12)19-14(20)7-8-18-15(21)10-17-9-11-1-2-11/h3-6,11,17H,1-2,7-10H2,(H,18,21)(H,19,20). The number of hydrogen-bond acceptors (Lipinski definition) is 3. The Morgan fingerprint density at radius 1 is 1.14 bits per heavy atom. The third-order valence-electron chi connectivity index (χ3n) is 3.22. The molecule has 0 heterocycles. The molecule has 2 rings (SSSR count). The summed E-state index contributed by atoms with van der Waals surface area (Å²) in [6.45, 7) is 1.59. The SMILES string of the molecule is O=C(CNCC1CC1)NCCC(=O)Nc1ccc(Br)cc1. The maximum atomic E-state index is 11.7. The number of anilines is 1. The zero-order valence-corrected chi connectivity index (χ0v) is 13.4. The Bertz CT molecular complexity index is 486. The van der Waals surface area contributed by atoms with Gasteiger partial charge in [-0.1, -0.05) is 15.9 Å². The fourth-order valence-corrected chi connectivity index (χ4v) is 2.11. The number of carbonyl (C=O) groups is 2. The van der Waals surface area contributed by atoms with Crippen LogP contribution in [0.25, 0.3) is 0 Å². The molecular weight excluding hydrogens is 334 g/mol. The van der Waals surface area contributed by atoms with Crippen LogP contribution in [0.2, 0.25) is 0 Å². The lowest BCUT2D eigenvalue weighted by Crippen LogP contribution is -2.36. The van der Waals surface area contributed by atoms with E-state index in [-0.39, 0.29) is 18.2 Å². The van der Waals surface area contributed by atoms with E-state index in [2.05, 4.69) is 31.9 Å². The highest BCUT2D eigenvalue weighted by molar-refractivity contribution is 9.10. The van der Waals surface area contributed by atoms with Gasteiger partial charge >= 0.3 is 0 Å². The summed E-state index contributed by atoms with van der Waals surface area (Å²) in [6.07, 6.45) is 2.81.